The third kappa shape index (κ3) is 3.45. The first-order chi connectivity index (χ1) is 12.2. The Morgan fingerprint density at radius 3 is 2.76 bits per heavy atom. The average molecular weight is 339 g/mol. The predicted octanol–water partition coefficient (Wildman–Crippen LogP) is 3.86. The van der Waals surface area contributed by atoms with Crippen LogP contribution in [0.3, 0.4) is 0 Å². The molecule has 4 rings (SSSR count). The largest absolute Gasteiger partial charge is 0.358 e. The summed E-state index contributed by atoms with van der Waals surface area (Å²) in [6.07, 6.45) is 7.56. The normalized spacial score (nSPS) is 24.7. The van der Waals surface area contributed by atoms with Crippen LogP contribution in [0, 0.1) is 12.8 Å². The first-order valence-corrected chi connectivity index (χ1v) is 9.83. The highest BCUT2D eigenvalue weighted by atomic mass is 16.1. The Labute approximate surface area is 150 Å². The number of carbonyl (C=O) groups excluding carboxylic acids is 1. The van der Waals surface area contributed by atoms with Crippen LogP contribution in [0.5, 0.6) is 0 Å². The van der Waals surface area contributed by atoms with Gasteiger partial charge in [0.05, 0.1) is 5.56 Å². The fourth-order valence-electron chi connectivity index (χ4n) is 4.72. The van der Waals surface area contributed by atoms with Gasteiger partial charge in [0.1, 0.15) is 0 Å². The molecule has 2 unspecified atom stereocenters. The van der Waals surface area contributed by atoms with Gasteiger partial charge in [-0.1, -0.05) is 31.0 Å². The summed E-state index contributed by atoms with van der Waals surface area (Å²) in [6, 6.07) is 8.40. The van der Waals surface area contributed by atoms with Crippen LogP contribution in [0.1, 0.15) is 54.6 Å². The van der Waals surface area contributed by atoms with Gasteiger partial charge in [-0.25, -0.2) is 0 Å². The van der Waals surface area contributed by atoms with Gasteiger partial charge in [0, 0.05) is 29.2 Å². The Kier molecular flexibility index (Phi) is 4.80. The van der Waals surface area contributed by atoms with Crippen LogP contribution in [0.15, 0.2) is 24.3 Å². The maximum Gasteiger partial charge on any atom is 0.253 e. The number of H-pyrrole nitrogens is 1. The van der Waals surface area contributed by atoms with Crippen LogP contribution in [-0.2, 0) is 0 Å². The van der Waals surface area contributed by atoms with E-state index in [0.717, 1.165) is 35.1 Å². The number of hydrogen-bond acceptors (Lipinski definition) is 2. The third-order valence-corrected chi connectivity index (χ3v) is 6.04. The van der Waals surface area contributed by atoms with Crippen LogP contribution in [0.4, 0.5) is 0 Å². The number of likely N-dealkylation sites (tertiary alicyclic amines) is 1. The van der Waals surface area contributed by atoms with Gasteiger partial charge in [0.2, 0.25) is 0 Å². The van der Waals surface area contributed by atoms with Crippen LogP contribution in [-0.4, -0.2) is 41.5 Å². The lowest BCUT2D eigenvalue weighted by atomic mass is 9.84. The fraction of sp³-hybridized carbons (Fsp3) is 0.571. The number of para-hydroxylation sites is 1. The molecular formula is C21H29N3O. The molecule has 1 aromatic carbocycles. The summed E-state index contributed by atoms with van der Waals surface area (Å²) in [6.45, 7) is 5.62. The standard InChI is InChI=1S/C21H29N3O/c1-15-20(17-9-3-5-11-19(17)22-15)21(25)23-18-10-4-2-8-16(18)14-24-12-6-7-13-24/h3,5,9,11,16,18,22H,2,4,6-8,10,12-14H2,1H3,(H,23,25). The van der Waals surface area contributed by atoms with E-state index in [1.165, 1.54) is 45.2 Å². The number of amides is 1. The maximum absolute atomic E-state index is 13.0. The molecule has 2 N–H and O–H groups in total. The van der Waals surface area contributed by atoms with E-state index in [0.29, 0.717) is 12.0 Å². The monoisotopic (exact) mass is 339 g/mol. The average Bonchev–Trinajstić information content (AvgIpc) is 3.23. The second kappa shape index (κ2) is 7.20. The Hall–Kier alpha value is -1.81. The zero-order valence-electron chi connectivity index (χ0n) is 15.2. The van der Waals surface area contributed by atoms with Crippen LogP contribution in [0.25, 0.3) is 10.9 Å². The second-order valence-corrected chi connectivity index (χ2v) is 7.80. The molecule has 1 aliphatic carbocycles. The molecule has 1 aromatic heterocycles. The summed E-state index contributed by atoms with van der Waals surface area (Å²) < 4.78 is 0. The van der Waals surface area contributed by atoms with Crippen molar-refractivity contribution in [2.75, 3.05) is 19.6 Å². The van der Waals surface area contributed by atoms with Crippen molar-refractivity contribution in [1.82, 2.24) is 15.2 Å². The summed E-state index contributed by atoms with van der Waals surface area (Å²) in [5, 5.41) is 4.42. The van der Waals surface area contributed by atoms with Crippen molar-refractivity contribution in [3.63, 3.8) is 0 Å². The quantitative estimate of drug-likeness (QED) is 0.888. The zero-order valence-corrected chi connectivity index (χ0v) is 15.2. The van der Waals surface area contributed by atoms with Crippen molar-refractivity contribution in [3.05, 3.63) is 35.5 Å². The number of rotatable bonds is 4. The van der Waals surface area contributed by atoms with Gasteiger partial charge < -0.3 is 15.2 Å². The van der Waals surface area contributed by atoms with Gasteiger partial charge in [-0.15, -0.1) is 0 Å². The Bertz CT molecular complexity index is 745. The molecule has 0 radical (unpaired) electrons. The molecule has 0 bridgehead atoms. The minimum atomic E-state index is 0.0910. The first kappa shape index (κ1) is 16.6. The lowest BCUT2D eigenvalue weighted by Gasteiger charge is -2.34. The van der Waals surface area contributed by atoms with E-state index in [9.17, 15) is 4.79 Å². The van der Waals surface area contributed by atoms with Crippen molar-refractivity contribution >= 4 is 16.8 Å². The molecule has 4 nitrogen and oxygen atoms in total. The van der Waals surface area contributed by atoms with Gasteiger partial charge in [-0.05, 0) is 57.7 Å². The number of aromatic amines is 1. The molecule has 4 heteroatoms. The molecule has 25 heavy (non-hydrogen) atoms. The number of carbonyl (C=O) groups is 1. The highest BCUT2D eigenvalue weighted by molar-refractivity contribution is 6.08. The molecule has 2 fully saturated rings. The van der Waals surface area contributed by atoms with E-state index in [2.05, 4.69) is 15.2 Å². The zero-order chi connectivity index (χ0) is 17.2. The number of benzene rings is 1. The van der Waals surface area contributed by atoms with Gasteiger partial charge in [-0.3, -0.25) is 4.79 Å². The van der Waals surface area contributed by atoms with Crippen LogP contribution >= 0.6 is 0 Å². The molecule has 2 aromatic rings. The van der Waals surface area contributed by atoms with Crippen molar-refractivity contribution in [3.8, 4) is 0 Å². The summed E-state index contributed by atoms with van der Waals surface area (Å²) in [5.74, 6) is 0.689. The minimum Gasteiger partial charge on any atom is -0.358 e. The van der Waals surface area contributed by atoms with E-state index >= 15 is 0 Å². The Balaban J connectivity index is 1.50. The number of fused-ring (bicyclic) bond motifs is 1. The van der Waals surface area contributed by atoms with E-state index in [1.807, 2.05) is 31.2 Å². The predicted molar refractivity (Wildman–Crippen MR) is 102 cm³/mol. The number of hydrogen-bond donors (Lipinski definition) is 2. The lowest BCUT2D eigenvalue weighted by Crippen LogP contribution is -2.46. The highest BCUT2D eigenvalue weighted by Crippen LogP contribution is 2.28. The molecule has 2 aliphatic rings. The molecule has 1 amide bonds. The molecule has 2 heterocycles. The summed E-state index contributed by atoms with van der Waals surface area (Å²) >= 11 is 0. The minimum absolute atomic E-state index is 0.0910. The van der Waals surface area contributed by atoms with Crippen molar-refractivity contribution in [1.29, 1.82) is 0 Å². The SMILES string of the molecule is Cc1[nH]c2ccccc2c1C(=O)NC1CCCCC1CN1CCCC1. The summed E-state index contributed by atoms with van der Waals surface area (Å²) in [4.78, 5) is 19.0. The van der Waals surface area contributed by atoms with E-state index in [-0.39, 0.29) is 5.91 Å². The maximum atomic E-state index is 13.0. The van der Waals surface area contributed by atoms with E-state index in [1.54, 1.807) is 0 Å². The molecule has 134 valence electrons. The summed E-state index contributed by atoms with van der Waals surface area (Å²) in [5.41, 5.74) is 2.83. The highest BCUT2D eigenvalue weighted by Gasteiger charge is 2.30. The molecule has 0 spiro atoms. The van der Waals surface area contributed by atoms with Crippen molar-refractivity contribution in [2.45, 2.75) is 51.5 Å². The first-order valence-electron chi connectivity index (χ1n) is 9.83. The smallest absolute Gasteiger partial charge is 0.253 e. The molecule has 1 aliphatic heterocycles. The second-order valence-electron chi connectivity index (χ2n) is 7.80. The molecule has 1 saturated carbocycles. The lowest BCUT2D eigenvalue weighted by molar-refractivity contribution is 0.0892. The van der Waals surface area contributed by atoms with Gasteiger partial charge in [-0.2, -0.15) is 0 Å². The number of aromatic nitrogens is 1. The summed E-state index contributed by atoms with van der Waals surface area (Å²) in [7, 11) is 0. The topological polar surface area (TPSA) is 48.1 Å². The van der Waals surface area contributed by atoms with Crippen molar-refractivity contribution < 1.29 is 4.79 Å². The van der Waals surface area contributed by atoms with Crippen molar-refractivity contribution in [2.24, 2.45) is 5.92 Å². The van der Waals surface area contributed by atoms with E-state index < -0.39 is 0 Å². The van der Waals surface area contributed by atoms with Gasteiger partial charge in [0.15, 0.2) is 0 Å². The van der Waals surface area contributed by atoms with Crippen LogP contribution < -0.4 is 5.32 Å². The van der Waals surface area contributed by atoms with Gasteiger partial charge in [0.25, 0.3) is 5.91 Å². The van der Waals surface area contributed by atoms with Gasteiger partial charge >= 0.3 is 0 Å². The Morgan fingerprint density at radius 2 is 1.92 bits per heavy atom. The fourth-order valence-corrected chi connectivity index (χ4v) is 4.72. The molecule has 1 saturated heterocycles. The number of nitrogens with zero attached hydrogens (tertiary/aromatic N) is 1. The molecular weight excluding hydrogens is 310 g/mol. The third-order valence-electron chi connectivity index (χ3n) is 6.04. The Morgan fingerprint density at radius 1 is 1.16 bits per heavy atom. The molecule has 2 atom stereocenters. The number of nitrogens with one attached hydrogen (secondary N) is 2. The van der Waals surface area contributed by atoms with Crippen LogP contribution in [0.2, 0.25) is 0 Å². The number of aryl methyl sites for hydroxylation is 1. The van der Waals surface area contributed by atoms with E-state index in [4.69, 9.17) is 0 Å².